The van der Waals surface area contributed by atoms with Crippen LogP contribution in [-0.2, 0) is 11.2 Å². The Morgan fingerprint density at radius 2 is 2.17 bits per heavy atom. The second-order valence-corrected chi connectivity index (χ2v) is 4.14. The first-order valence-corrected chi connectivity index (χ1v) is 4.99. The van der Waals surface area contributed by atoms with E-state index in [-0.39, 0.29) is 5.25 Å². The van der Waals surface area contributed by atoms with E-state index in [0.29, 0.717) is 0 Å². The van der Waals surface area contributed by atoms with Crippen LogP contribution in [-0.4, -0.2) is 9.80 Å². The van der Waals surface area contributed by atoms with Gasteiger partial charge in [0.25, 0.3) is 0 Å². The van der Waals surface area contributed by atoms with Crippen LogP contribution in [0.25, 0.3) is 0 Å². The predicted octanol–water partition coefficient (Wildman–Crippen LogP) is 0.970. The lowest BCUT2D eigenvalue weighted by atomic mass is 10.0. The fraction of sp³-hybridized carbons (Fsp3) is 0.111. The largest absolute Gasteiger partial charge is 0.611 e. The minimum Gasteiger partial charge on any atom is -0.611 e. The van der Waals surface area contributed by atoms with Crippen LogP contribution in [0.1, 0.15) is 0 Å². The van der Waals surface area contributed by atoms with Crippen LogP contribution in [0.5, 0.6) is 0 Å². The summed E-state index contributed by atoms with van der Waals surface area (Å²) in [6, 6.07) is 0. The zero-order chi connectivity index (χ0) is 8.55. The van der Waals surface area contributed by atoms with Gasteiger partial charge >= 0.3 is 0 Å². The molecule has 62 valence electrons. The maximum atomic E-state index is 11.4. The fourth-order valence-corrected chi connectivity index (χ4v) is 2.47. The Kier molecular flexibility index (Phi) is 1.83. The zero-order valence-corrected chi connectivity index (χ0v) is 7.25. The molecular weight excluding hydrogens is 170 g/mol. The highest BCUT2D eigenvalue weighted by Crippen LogP contribution is 2.26. The van der Waals surface area contributed by atoms with Crippen LogP contribution in [0.2, 0.25) is 0 Å². The third-order valence-electron chi connectivity index (χ3n) is 1.94. The summed E-state index contributed by atoms with van der Waals surface area (Å²) in [6.07, 6.45) is 9.36. The van der Waals surface area contributed by atoms with Gasteiger partial charge in [0, 0.05) is 17.3 Å². The minimum absolute atomic E-state index is 0.0278. The van der Waals surface area contributed by atoms with Crippen molar-refractivity contribution < 1.29 is 4.55 Å². The second-order valence-electron chi connectivity index (χ2n) is 2.71. The predicted molar refractivity (Wildman–Crippen MR) is 50.6 cm³/mol. The summed E-state index contributed by atoms with van der Waals surface area (Å²) in [6.45, 7) is 0. The molecule has 0 spiro atoms. The summed E-state index contributed by atoms with van der Waals surface area (Å²) in [7, 11) is 0. The van der Waals surface area contributed by atoms with Crippen LogP contribution < -0.4 is 5.73 Å². The van der Waals surface area contributed by atoms with E-state index >= 15 is 0 Å². The van der Waals surface area contributed by atoms with Gasteiger partial charge in [-0.25, -0.2) is 0 Å². The summed E-state index contributed by atoms with van der Waals surface area (Å²) in [5.41, 5.74) is 7.42. The Morgan fingerprint density at radius 3 is 2.92 bits per heavy atom. The van der Waals surface area contributed by atoms with Gasteiger partial charge in [-0.1, -0.05) is 18.2 Å². The highest BCUT2D eigenvalue weighted by Gasteiger charge is 2.27. The first-order valence-electron chi connectivity index (χ1n) is 3.71. The molecule has 1 heterocycles. The smallest absolute Gasteiger partial charge is 0.166 e. The van der Waals surface area contributed by atoms with Gasteiger partial charge < -0.3 is 10.3 Å². The topological polar surface area (TPSA) is 49.1 Å². The number of hydrogen-bond donors (Lipinski definition) is 1. The van der Waals surface area contributed by atoms with Crippen molar-refractivity contribution in [3.05, 3.63) is 47.1 Å². The Hall–Kier alpha value is -0.930. The van der Waals surface area contributed by atoms with Crippen molar-refractivity contribution >= 4 is 11.2 Å². The molecule has 0 radical (unpaired) electrons. The third kappa shape index (κ3) is 1.11. The monoisotopic (exact) mass is 179 g/mol. The highest BCUT2D eigenvalue weighted by atomic mass is 32.2. The van der Waals surface area contributed by atoms with Crippen molar-refractivity contribution in [3.8, 4) is 0 Å². The summed E-state index contributed by atoms with van der Waals surface area (Å²) in [4.78, 5) is 0. The van der Waals surface area contributed by atoms with E-state index in [1.165, 1.54) is 0 Å². The van der Waals surface area contributed by atoms with Gasteiger partial charge in [-0.2, -0.15) is 0 Å². The lowest BCUT2D eigenvalue weighted by molar-refractivity contribution is 0.600. The molecule has 0 aromatic heterocycles. The van der Waals surface area contributed by atoms with E-state index < -0.39 is 11.2 Å². The first-order chi connectivity index (χ1) is 5.79. The van der Waals surface area contributed by atoms with E-state index in [2.05, 4.69) is 0 Å². The quantitative estimate of drug-likeness (QED) is 0.563. The molecule has 12 heavy (non-hydrogen) atoms. The van der Waals surface area contributed by atoms with E-state index in [9.17, 15) is 4.55 Å². The number of fused-ring (bicyclic) bond motifs is 1. The van der Waals surface area contributed by atoms with Gasteiger partial charge in [0.15, 0.2) is 5.25 Å². The molecule has 0 amide bonds. The summed E-state index contributed by atoms with van der Waals surface area (Å²) < 4.78 is 11.4. The minimum atomic E-state index is -0.934. The molecule has 1 aliphatic heterocycles. The SMILES string of the molecule is NC1=C2C=CC=C[C@@H]2[S@+]([O-])C=C1. The number of allylic oxidation sites excluding steroid dienone is 4. The van der Waals surface area contributed by atoms with Crippen molar-refractivity contribution in [1.82, 2.24) is 0 Å². The molecule has 0 aromatic carbocycles. The molecule has 1 aliphatic carbocycles. The maximum Gasteiger partial charge on any atom is 0.166 e. The van der Waals surface area contributed by atoms with Crippen molar-refractivity contribution in [2.75, 3.05) is 0 Å². The molecule has 2 nitrogen and oxygen atoms in total. The Balaban J connectivity index is 2.44. The molecule has 0 unspecified atom stereocenters. The van der Waals surface area contributed by atoms with Crippen molar-refractivity contribution in [3.63, 3.8) is 0 Å². The average molecular weight is 179 g/mol. The van der Waals surface area contributed by atoms with Crippen LogP contribution in [0.3, 0.4) is 0 Å². The van der Waals surface area contributed by atoms with E-state index in [1.54, 1.807) is 11.5 Å². The number of nitrogens with two attached hydrogens (primary N) is 1. The van der Waals surface area contributed by atoms with Crippen LogP contribution in [0.15, 0.2) is 47.1 Å². The summed E-state index contributed by atoms with van der Waals surface area (Å²) in [5, 5.41) is 1.62. The number of hydrogen-bond acceptors (Lipinski definition) is 2. The molecule has 0 bridgehead atoms. The van der Waals surface area contributed by atoms with Gasteiger partial charge in [0.2, 0.25) is 0 Å². The molecular formula is C9H9NOS. The van der Waals surface area contributed by atoms with E-state index in [0.717, 1.165) is 11.3 Å². The van der Waals surface area contributed by atoms with Crippen molar-refractivity contribution in [2.45, 2.75) is 5.25 Å². The second kappa shape index (κ2) is 2.84. The van der Waals surface area contributed by atoms with E-state index in [1.807, 2.05) is 24.3 Å². The lowest BCUT2D eigenvalue weighted by Crippen LogP contribution is -2.25. The van der Waals surface area contributed by atoms with Gasteiger partial charge in [0.1, 0.15) is 5.41 Å². The molecule has 3 heteroatoms. The van der Waals surface area contributed by atoms with Gasteiger partial charge in [-0.15, -0.1) is 0 Å². The van der Waals surface area contributed by atoms with Crippen LogP contribution in [0.4, 0.5) is 0 Å². The Morgan fingerprint density at radius 1 is 1.33 bits per heavy atom. The molecule has 2 aliphatic rings. The maximum absolute atomic E-state index is 11.4. The molecule has 2 rings (SSSR count). The highest BCUT2D eigenvalue weighted by molar-refractivity contribution is 7.95. The van der Waals surface area contributed by atoms with Gasteiger partial charge in [-0.3, -0.25) is 0 Å². The standard InChI is InChI=1S/C9H9NOS/c10-8-5-6-12(11)9-4-2-1-3-7(8)9/h1-6,9H,10H2/t9-,12+/m0/s1. The van der Waals surface area contributed by atoms with Gasteiger partial charge in [0.05, 0.1) is 0 Å². The lowest BCUT2D eigenvalue weighted by Gasteiger charge is -2.22. The van der Waals surface area contributed by atoms with Crippen LogP contribution >= 0.6 is 0 Å². The zero-order valence-electron chi connectivity index (χ0n) is 6.44. The average Bonchev–Trinajstić information content (AvgIpc) is 2.12. The van der Waals surface area contributed by atoms with Gasteiger partial charge in [-0.05, 0) is 17.3 Å². The molecule has 0 saturated carbocycles. The summed E-state index contributed by atoms with van der Waals surface area (Å²) >= 11 is -0.934. The van der Waals surface area contributed by atoms with Crippen molar-refractivity contribution in [1.29, 1.82) is 0 Å². The van der Waals surface area contributed by atoms with Crippen molar-refractivity contribution in [2.24, 2.45) is 5.73 Å². The first kappa shape index (κ1) is 7.71. The fourth-order valence-electron chi connectivity index (χ4n) is 1.31. The molecule has 2 N–H and O–H groups in total. The molecule has 0 fully saturated rings. The Bertz CT molecular complexity index is 314. The third-order valence-corrected chi connectivity index (χ3v) is 3.26. The number of rotatable bonds is 0. The Labute approximate surface area is 74.3 Å². The normalized spacial score (nSPS) is 32.4. The van der Waals surface area contributed by atoms with E-state index in [4.69, 9.17) is 5.73 Å². The summed E-state index contributed by atoms with van der Waals surface area (Å²) in [5.74, 6) is 0. The molecule has 2 atom stereocenters. The van der Waals surface area contributed by atoms with Crippen LogP contribution in [0, 0.1) is 0 Å². The molecule has 0 aromatic rings. The molecule has 0 saturated heterocycles.